The summed E-state index contributed by atoms with van der Waals surface area (Å²) >= 11 is 0. The lowest BCUT2D eigenvalue weighted by Gasteiger charge is -2.36. The lowest BCUT2D eigenvalue weighted by Crippen LogP contribution is -2.53. The number of morpholine rings is 1. The number of rotatable bonds is 7. The van der Waals surface area contributed by atoms with Crippen LogP contribution in [0, 0.1) is 25.2 Å². The highest BCUT2D eigenvalue weighted by atomic mass is 16.5. The van der Waals surface area contributed by atoms with Crippen molar-refractivity contribution in [3.05, 3.63) is 65.0 Å². The zero-order chi connectivity index (χ0) is 23.1. The molecule has 1 saturated heterocycles. The quantitative estimate of drug-likeness (QED) is 0.656. The Labute approximate surface area is 188 Å². The zero-order valence-corrected chi connectivity index (χ0v) is 18.5. The van der Waals surface area contributed by atoms with Crippen molar-refractivity contribution in [3.63, 3.8) is 0 Å². The number of hydrogen-bond donors (Lipinski definition) is 1. The van der Waals surface area contributed by atoms with E-state index in [0.29, 0.717) is 31.9 Å². The molecule has 168 valence electrons. The number of imide groups is 1. The molecule has 1 aromatic heterocycles. The number of aryl methyl sites for hydroxylation is 2. The number of benzene rings is 1. The molecular weight excluding hydrogens is 406 g/mol. The van der Waals surface area contributed by atoms with Gasteiger partial charge in [-0.15, -0.1) is 0 Å². The first-order chi connectivity index (χ1) is 15.4. The Bertz CT molecular complexity index is 963. The van der Waals surface area contributed by atoms with Crippen molar-refractivity contribution in [1.29, 1.82) is 5.26 Å². The Balaban J connectivity index is 1.86. The number of nitrogens with zero attached hydrogens (tertiary/aromatic N) is 4. The number of aromatic nitrogens is 1. The van der Waals surface area contributed by atoms with Crippen molar-refractivity contribution in [2.75, 3.05) is 32.8 Å². The van der Waals surface area contributed by atoms with Crippen molar-refractivity contribution in [3.8, 4) is 6.07 Å². The van der Waals surface area contributed by atoms with E-state index in [4.69, 9.17) is 10.5 Å². The molecule has 1 aromatic carbocycles. The first kappa shape index (κ1) is 23.5. The molecule has 32 heavy (non-hydrogen) atoms. The summed E-state index contributed by atoms with van der Waals surface area (Å²) in [6.45, 7) is 5.68. The van der Waals surface area contributed by atoms with E-state index >= 15 is 0 Å². The minimum atomic E-state index is -0.934. The van der Waals surface area contributed by atoms with Crippen LogP contribution in [-0.2, 0) is 20.7 Å². The third kappa shape index (κ3) is 5.77. The summed E-state index contributed by atoms with van der Waals surface area (Å²) in [5, 5.41) is 9.36. The lowest BCUT2D eigenvalue weighted by atomic mass is 10.00. The number of pyridine rings is 1. The summed E-state index contributed by atoms with van der Waals surface area (Å²) in [5.41, 5.74) is 10.0. The van der Waals surface area contributed by atoms with Crippen LogP contribution in [-0.4, -0.2) is 65.5 Å². The fourth-order valence-corrected chi connectivity index (χ4v) is 4.10. The van der Waals surface area contributed by atoms with Gasteiger partial charge in [-0.3, -0.25) is 24.4 Å². The van der Waals surface area contributed by atoms with E-state index in [-0.39, 0.29) is 13.0 Å². The second-order valence-electron chi connectivity index (χ2n) is 8.06. The summed E-state index contributed by atoms with van der Waals surface area (Å²) in [4.78, 5) is 33.9. The third-order valence-corrected chi connectivity index (χ3v) is 5.48. The van der Waals surface area contributed by atoms with Crippen LogP contribution >= 0.6 is 0 Å². The van der Waals surface area contributed by atoms with Gasteiger partial charge < -0.3 is 10.5 Å². The van der Waals surface area contributed by atoms with E-state index in [0.717, 1.165) is 21.6 Å². The first-order valence-electron chi connectivity index (χ1n) is 10.7. The van der Waals surface area contributed by atoms with Crippen LogP contribution in [0.2, 0.25) is 0 Å². The van der Waals surface area contributed by atoms with E-state index in [2.05, 4.69) is 4.98 Å². The van der Waals surface area contributed by atoms with Crippen LogP contribution in [0.1, 0.15) is 28.3 Å². The van der Waals surface area contributed by atoms with E-state index in [1.54, 1.807) is 24.5 Å². The minimum absolute atomic E-state index is 0.286. The average Bonchev–Trinajstić information content (AvgIpc) is 2.78. The lowest BCUT2D eigenvalue weighted by molar-refractivity contribution is -0.149. The van der Waals surface area contributed by atoms with Crippen LogP contribution in [0.15, 0.2) is 42.7 Å². The summed E-state index contributed by atoms with van der Waals surface area (Å²) in [6.07, 6.45) is 3.50. The number of carbonyl (C=O) groups is 2. The Morgan fingerprint density at radius 2 is 1.78 bits per heavy atom. The summed E-state index contributed by atoms with van der Waals surface area (Å²) in [5.74, 6) is -1.01. The molecule has 8 nitrogen and oxygen atoms in total. The molecule has 1 fully saturated rings. The molecule has 0 aliphatic carbocycles. The highest BCUT2D eigenvalue weighted by Gasteiger charge is 2.36. The molecule has 0 radical (unpaired) electrons. The van der Waals surface area contributed by atoms with E-state index < -0.39 is 23.9 Å². The molecule has 8 heteroatoms. The maximum Gasteiger partial charge on any atom is 0.252 e. The van der Waals surface area contributed by atoms with Crippen molar-refractivity contribution >= 4 is 11.8 Å². The molecule has 1 aliphatic heterocycles. The largest absolute Gasteiger partial charge is 0.379 e. The third-order valence-electron chi connectivity index (χ3n) is 5.48. The second kappa shape index (κ2) is 11.0. The second-order valence-corrected chi connectivity index (χ2v) is 8.06. The molecular formula is C24H29N5O3. The topological polar surface area (TPSA) is 113 Å². The summed E-state index contributed by atoms with van der Waals surface area (Å²) < 4.78 is 5.43. The smallest absolute Gasteiger partial charge is 0.252 e. The summed E-state index contributed by atoms with van der Waals surface area (Å²) in [6, 6.07) is 9.80. The van der Waals surface area contributed by atoms with Crippen LogP contribution in [0.25, 0.3) is 0 Å². The van der Waals surface area contributed by atoms with Gasteiger partial charge in [0.25, 0.3) is 5.91 Å². The van der Waals surface area contributed by atoms with Gasteiger partial charge in [0.15, 0.2) is 0 Å². The van der Waals surface area contributed by atoms with Gasteiger partial charge in [0, 0.05) is 25.5 Å². The van der Waals surface area contributed by atoms with Gasteiger partial charge in [-0.1, -0.05) is 29.3 Å². The van der Waals surface area contributed by atoms with Gasteiger partial charge in [-0.05, 0) is 43.5 Å². The molecule has 1 aliphatic rings. The predicted octanol–water partition coefficient (Wildman–Crippen LogP) is 1.52. The number of carbonyl (C=O) groups excluding carboxylic acids is 2. The Morgan fingerprint density at radius 1 is 1.16 bits per heavy atom. The van der Waals surface area contributed by atoms with Crippen LogP contribution in [0.4, 0.5) is 0 Å². The first-order valence-corrected chi connectivity index (χ1v) is 10.7. The van der Waals surface area contributed by atoms with Crippen LogP contribution < -0.4 is 5.73 Å². The average molecular weight is 436 g/mol. The predicted molar refractivity (Wildman–Crippen MR) is 119 cm³/mol. The highest BCUT2D eigenvalue weighted by Crippen LogP contribution is 2.24. The van der Waals surface area contributed by atoms with Gasteiger partial charge in [-0.25, -0.2) is 0 Å². The molecule has 2 aromatic rings. The fourth-order valence-electron chi connectivity index (χ4n) is 4.10. The highest BCUT2D eigenvalue weighted by molar-refractivity contribution is 6.00. The Kier molecular flexibility index (Phi) is 8.06. The van der Waals surface area contributed by atoms with Crippen molar-refractivity contribution in [2.24, 2.45) is 5.73 Å². The minimum Gasteiger partial charge on any atom is -0.379 e. The van der Waals surface area contributed by atoms with E-state index in [1.807, 2.05) is 43.0 Å². The van der Waals surface area contributed by atoms with Crippen molar-refractivity contribution in [1.82, 2.24) is 14.8 Å². The molecule has 3 rings (SSSR count). The van der Waals surface area contributed by atoms with Crippen molar-refractivity contribution < 1.29 is 14.3 Å². The molecule has 0 spiro atoms. The van der Waals surface area contributed by atoms with Gasteiger partial charge in [0.1, 0.15) is 12.6 Å². The molecule has 0 bridgehead atoms. The zero-order valence-electron chi connectivity index (χ0n) is 18.5. The molecule has 2 atom stereocenters. The molecule has 2 heterocycles. The Hall–Kier alpha value is -3.12. The standard InChI is InChI=1S/C24H29N5O3/c1-17-13-18(2)15-19(14-17)16-21(26)23(30)29(8-5-25)24(31)22(20-3-6-27-7-4-20)28-9-11-32-12-10-28/h3-4,6-7,13-15,21-22H,8-12,16,26H2,1-2H3/t21-,22?/m0/s1. The number of nitrogens with two attached hydrogens (primary N) is 1. The normalized spacial score (nSPS) is 16.1. The van der Waals surface area contributed by atoms with Crippen molar-refractivity contribution in [2.45, 2.75) is 32.4 Å². The van der Waals surface area contributed by atoms with Crippen LogP contribution in [0.5, 0.6) is 0 Å². The molecule has 0 saturated carbocycles. The van der Waals surface area contributed by atoms with Crippen LogP contribution in [0.3, 0.4) is 0 Å². The van der Waals surface area contributed by atoms with Gasteiger partial charge in [0.2, 0.25) is 5.91 Å². The molecule has 1 unspecified atom stereocenters. The SMILES string of the molecule is Cc1cc(C)cc(C[C@H](N)C(=O)N(CC#N)C(=O)C(c2ccncc2)N2CCOCC2)c1. The van der Waals surface area contributed by atoms with E-state index in [1.165, 1.54) is 0 Å². The Morgan fingerprint density at radius 3 is 2.38 bits per heavy atom. The maximum atomic E-state index is 13.6. The summed E-state index contributed by atoms with van der Waals surface area (Å²) in [7, 11) is 0. The molecule has 2 N–H and O–H groups in total. The number of ether oxygens (including phenoxy) is 1. The number of nitriles is 1. The van der Waals surface area contributed by atoms with Gasteiger partial charge >= 0.3 is 0 Å². The molecule has 2 amide bonds. The monoisotopic (exact) mass is 435 g/mol. The number of hydrogen-bond acceptors (Lipinski definition) is 7. The van der Waals surface area contributed by atoms with Gasteiger partial charge in [0.05, 0.1) is 25.3 Å². The fraction of sp³-hybridized carbons (Fsp3) is 0.417. The maximum absolute atomic E-state index is 13.6. The van der Waals surface area contributed by atoms with Gasteiger partial charge in [-0.2, -0.15) is 5.26 Å². The van der Waals surface area contributed by atoms with E-state index in [9.17, 15) is 14.9 Å². The number of amides is 2.